The molecule has 4 aromatic rings. The molecule has 0 amide bonds. The zero-order valence-electron chi connectivity index (χ0n) is 11.1. The monoisotopic (exact) mass is 297 g/mol. The van der Waals surface area contributed by atoms with Crippen LogP contribution in [0.2, 0.25) is 0 Å². The number of anilines is 1. The van der Waals surface area contributed by atoms with Gasteiger partial charge in [0.15, 0.2) is 10.8 Å². The maximum atomic E-state index is 4.55. The highest BCUT2D eigenvalue weighted by Crippen LogP contribution is 2.30. The van der Waals surface area contributed by atoms with Crippen LogP contribution in [0.1, 0.15) is 0 Å². The van der Waals surface area contributed by atoms with Crippen molar-refractivity contribution in [3.63, 3.8) is 0 Å². The van der Waals surface area contributed by atoms with E-state index in [0.29, 0.717) is 11.6 Å². The molecule has 0 atom stereocenters. The van der Waals surface area contributed by atoms with Gasteiger partial charge in [-0.3, -0.25) is 0 Å². The van der Waals surface area contributed by atoms with E-state index >= 15 is 0 Å². The highest BCUT2D eigenvalue weighted by atomic mass is 32.2. The third kappa shape index (κ3) is 2.09. The summed E-state index contributed by atoms with van der Waals surface area (Å²) in [5.74, 6) is 0.535. The van der Waals surface area contributed by atoms with Gasteiger partial charge in [-0.25, -0.2) is 15.0 Å². The molecule has 0 radical (unpaired) electrons. The molecule has 1 aromatic carbocycles. The molecule has 0 spiro atoms. The fourth-order valence-electron chi connectivity index (χ4n) is 2.06. The maximum Gasteiger partial charge on any atom is 0.225 e. The predicted octanol–water partition coefficient (Wildman–Crippen LogP) is 2.42. The van der Waals surface area contributed by atoms with E-state index in [4.69, 9.17) is 0 Å². The number of nitrogens with one attached hydrogen (secondary N) is 3. The van der Waals surface area contributed by atoms with Crippen molar-refractivity contribution in [2.24, 2.45) is 0 Å². The van der Waals surface area contributed by atoms with E-state index in [1.54, 1.807) is 13.4 Å². The SMILES string of the molecule is CNc1nc(Sc2nc3ccccc3[nH]2)c2[nH]cnc2n1. The van der Waals surface area contributed by atoms with Crippen molar-refractivity contribution < 1.29 is 0 Å². The normalized spacial score (nSPS) is 11.3. The van der Waals surface area contributed by atoms with Crippen LogP contribution >= 0.6 is 11.8 Å². The van der Waals surface area contributed by atoms with Crippen molar-refractivity contribution in [2.75, 3.05) is 12.4 Å². The standard InChI is InChI=1S/C13H11N7S/c1-14-12-19-10-9(15-6-16-10)11(20-12)21-13-17-7-4-2-3-5-8(7)18-13/h2-6H,1H3,(H,17,18)(H2,14,15,16,19,20). The second-order valence-corrected chi connectivity index (χ2v) is 5.34. The lowest BCUT2D eigenvalue weighted by Gasteiger charge is -2.02. The number of fused-ring (bicyclic) bond motifs is 2. The Labute approximate surface area is 123 Å². The van der Waals surface area contributed by atoms with E-state index in [2.05, 4.69) is 35.2 Å². The number of hydrogen-bond donors (Lipinski definition) is 3. The lowest BCUT2D eigenvalue weighted by molar-refractivity contribution is 1.04. The van der Waals surface area contributed by atoms with Crippen LogP contribution in [0.15, 0.2) is 40.8 Å². The summed E-state index contributed by atoms with van der Waals surface area (Å²) in [6.07, 6.45) is 1.61. The Balaban J connectivity index is 1.80. The number of H-pyrrole nitrogens is 2. The number of imidazole rings is 2. The first-order chi connectivity index (χ1) is 10.3. The summed E-state index contributed by atoms with van der Waals surface area (Å²) in [7, 11) is 1.78. The smallest absolute Gasteiger partial charge is 0.225 e. The molecular weight excluding hydrogens is 286 g/mol. The number of hydrogen-bond acceptors (Lipinski definition) is 6. The largest absolute Gasteiger partial charge is 0.357 e. The second-order valence-electron chi connectivity index (χ2n) is 4.36. The Bertz CT molecular complexity index is 893. The molecule has 0 bridgehead atoms. The van der Waals surface area contributed by atoms with E-state index in [1.165, 1.54) is 11.8 Å². The van der Waals surface area contributed by atoms with Crippen LogP contribution in [0.3, 0.4) is 0 Å². The molecule has 0 unspecified atom stereocenters. The van der Waals surface area contributed by atoms with Gasteiger partial charge in [0.05, 0.1) is 17.4 Å². The van der Waals surface area contributed by atoms with Crippen molar-refractivity contribution in [3.8, 4) is 0 Å². The summed E-state index contributed by atoms with van der Waals surface area (Å²) < 4.78 is 0. The van der Waals surface area contributed by atoms with Crippen LogP contribution in [-0.2, 0) is 0 Å². The van der Waals surface area contributed by atoms with Gasteiger partial charge in [-0.1, -0.05) is 12.1 Å². The fourth-order valence-corrected chi connectivity index (χ4v) is 2.93. The Kier molecular flexibility index (Phi) is 2.74. The molecule has 3 aromatic heterocycles. The number of aromatic nitrogens is 6. The first kappa shape index (κ1) is 12.2. The fraction of sp³-hybridized carbons (Fsp3) is 0.0769. The zero-order chi connectivity index (χ0) is 14.2. The van der Waals surface area contributed by atoms with Gasteiger partial charge in [0.1, 0.15) is 10.5 Å². The van der Waals surface area contributed by atoms with Gasteiger partial charge < -0.3 is 15.3 Å². The van der Waals surface area contributed by atoms with Crippen LogP contribution < -0.4 is 5.32 Å². The molecular formula is C13H11N7S. The topological polar surface area (TPSA) is 95.2 Å². The van der Waals surface area contributed by atoms with Crippen molar-refractivity contribution in [1.82, 2.24) is 29.9 Å². The Hall–Kier alpha value is -2.61. The molecule has 0 aliphatic rings. The molecule has 0 aliphatic heterocycles. The van der Waals surface area contributed by atoms with Gasteiger partial charge in [0.25, 0.3) is 0 Å². The average molecular weight is 297 g/mol. The number of para-hydroxylation sites is 2. The molecule has 21 heavy (non-hydrogen) atoms. The number of nitrogens with zero attached hydrogens (tertiary/aromatic N) is 4. The Morgan fingerprint density at radius 1 is 1.14 bits per heavy atom. The molecule has 8 heteroatoms. The molecule has 0 saturated carbocycles. The predicted molar refractivity (Wildman–Crippen MR) is 81.4 cm³/mol. The van der Waals surface area contributed by atoms with Crippen LogP contribution in [-0.4, -0.2) is 37.0 Å². The number of aromatic amines is 2. The highest BCUT2D eigenvalue weighted by Gasteiger charge is 2.13. The Morgan fingerprint density at radius 3 is 2.90 bits per heavy atom. The van der Waals surface area contributed by atoms with E-state index in [1.807, 2.05) is 24.3 Å². The molecule has 3 heterocycles. The van der Waals surface area contributed by atoms with Crippen LogP contribution in [0, 0.1) is 0 Å². The first-order valence-corrected chi connectivity index (χ1v) is 7.16. The van der Waals surface area contributed by atoms with Crippen molar-refractivity contribution in [3.05, 3.63) is 30.6 Å². The van der Waals surface area contributed by atoms with Crippen LogP contribution in [0.5, 0.6) is 0 Å². The minimum Gasteiger partial charge on any atom is -0.357 e. The summed E-state index contributed by atoms with van der Waals surface area (Å²) in [4.78, 5) is 23.8. The highest BCUT2D eigenvalue weighted by molar-refractivity contribution is 7.99. The van der Waals surface area contributed by atoms with E-state index < -0.39 is 0 Å². The molecule has 104 valence electrons. The second kappa shape index (κ2) is 4.74. The minimum absolute atomic E-state index is 0.535. The van der Waals surface area contributed by atoms with E-state index in [0.717, 1.165) is 26.7 Å². The van der Waals surface area contributed by atoms with Crippen molar-refractivity contribution in [2.45, 2.75) is 10.2 Å². The number of benzene rings is 1. The average Bonchev–Trinajstić information content (AvgIpc) is 3.12. The van der Waals surface area contributed by atoms with Crippen LogP contribution in [0.25, 0.3) is 22.2 Å². The van der Waals surface area contributed by atoms with Gasteiger partial charge in [-0.2, -0.15) is 4.98 Å². The van der Waals surface area contributed by atoms with Gasteiger partial charge >= 0.3 is 0 Å². The lowest BCUT2D eigenvalue weighted by Crippen LogP contribution is -1.98. The van der Waals surface area contributed by atoms with Gasteiger partial charge in [-0.15, -0.1) is 0 Å². The molecule has 7 nitrogen and oxygen atoms in total. The van der Waals surface area contributed by atoms with Gasteiger partial charge in [-0.05, 0) is 23.9 Å². The molecule has 0 fully saturated rings. The quantitative estimate of drug-likeness (QED) is 0.503. The maximum absolute atomic E-state index is 4.55. The molecule has 0 saturated heterocycles. The van der Waals surface area contributed by atoms with E-state index in [-0.39, 0.29) is 0 Å². The summed E-state index contributed by atoms with van der Waals surface area (Å²) >= 11 is 1.45. The van der Waals surface area contributed by atoms with E-state index in [9.17, 15) is 0 Å². The summed E-state index contributed by atoms with van der Waals surface area (Å²) in [5.41, 5.74) is 3.37. The van der Waals surface area contributed by atoms with Crippen molar-refractivity contribution >= 4 is 39.9 Å². The summed E-state index contributed by atoms with van der Waals surface area (Å²) in [6, 6.07) is 7.91. The van der Waals surface area contributed by atoms with Crippen LogP contribution in [0.4, 0.5) is 5.95 Å². The number of rotatable bonds is 3. The first-order valence-electron chi connectivity index (χ1n) is 6.35. The van der Waals surface area contributed by atoms with Crippen molar-refractivity contribution in [1.29, 1.82) is 0 Å². The molecule has 3 N–H and O–H groups in total. The summed E-state index contributed by atoms with van der Waals surface area (Å²) in [6.45, 7) is 0. The molecule has 4 rings (SSSR count). The molecule has 0 aliphatic carbocycles. The van der Waals surface area contributed by atoms with Gasteiger partial charge in [0.2, 0.25) is 5.95 Å². The third-order valence-corrected chi connectivity index (χ3v) is 3.91. The van der Waals surface area contributed by atoms with Gasteiger partial charge in [0, 0.05) is 7.05 Å². The summed E-state index contributed by atoms with van der Waals surface area (Å²) in [5, 5.41) is 4.51. The zero-order valence-corrected chi connectivity index (χ0v) is 11.9. The lowest BCUT2D eigenvalue weighted by atomic mass is 10.3. The Morgan fingerprint density at radius 2 is 2.05 bits per heavy atom. The third-order valence-electron chi connectivity index (χ3n) is 3.04. The minimum atomic E-state index is 0.535.